The van der Waals surface area contributed by atoms with E-state index >= 15 is 0 Å². The number of nitrogens with one attached hydrogen (secondary N) is 1. The van der Waals surface area contributed by atoms with Gasteiger partial charge in [0.15, 0.2) is 11.0 Å². The third-order valence-electron chi connectivity index (χ3n) is 5.02. The largest absolute Gasteiger partial charge is 0.467 e. The number of carbonyl (C=O) groups is 1. The fraction of sp³-hybridized carbons (Fsp3) is 0.208. The highest BCUT2D eigenvalue weighted by Gasteiger charge is 2.23. The number of aryl methyl sites for hydroxylation is 2. The van der Waals surface area contributed by atoms with Crippen LogP contribution in [0.15, 0.2) is 70.4 Å². The van der Waals surface area contributed by atoms with E-state index < -0.39 is 5.25 Å². The molecule has 0 saturated carbocycles. The topological polar surface area (TPSA) is 73.0 Å². The number of thioether (sulfide) groups is 1. The first kappa shape index (κ1) is 22.2. The van der Waals surface area contributed by atoms with Crippen LogP contribution in [0.3, 0.4) is 0 Å². The second kappa shape index (κ2) is 9.63. The predicted molar refractivity (Wildman–Crippen MR) is 127 cm³/mol. The molecule has 0 fully saturated rings. The van der Waals surface area contributed by atoms with Gasteiger partial charge in [0, 0.05) is 5.56 Å². The summed E-state index contributed by atoms with van der Waals surface area (Å²) in [6.45, 7) is 6.27. The Morgan fingerprint density at radius 3 is 2.72 bits per heavy atom. The molecule has 0 aliphatic carbocycles. The van der Waals surface area contributed by atoms with Crippen molar-refractivity contribution in [3.05, 3.63) is 82.8 Å². The van der Waals surface area contributed by atoms with Crippen LogP contribution in [-0.2, 0) is 11.3 Å². The number of amides is 1. The third-order valence-corrected chi connectivity index (χ3v) is 6.39. The summed E-state index contributed by atoms with van der Waals surface area (Å²) < 4.78 is 7.26. The molecule has 0 radical (unpaired) electrons. The van der Waals surface area contributed by atoms with Gasteiger partial charge in [0.25, 0.3) is 0 Å². The molecule has 2 aromatic carbocycles. The number of aromatic nitrogens is 3. The molecule has 6 nitrogen and oxygen atoms in total. The van der Waals surface area contributed by atoms with Crippen LogP contribution < -0.4 is 5.32 Å². The van der Waals surface area contributed by atoms with E-state index in [9.17, 15) is 4.79 Å². The summed E-state index contributed by atoms with van der Waals surface area (Å²) in [6.07, 6.45) is 1.59. The average molecular weight is 467 g/mol. The van der Waals surface area contributed by atoms with E-state index in [4.69, 9.17) is 16.0 Å². The van der Waals surface area contributed by atoms with Crippen LogP contribution in [-0.4, -0.2) is 25.9 Å². The van der Waals surface area contributed by atoms with Crippen molar-refractivity contribution in [2.75, 3.05) is 0 Å². The van der Waals surface area contributed by atoms with Crippen LogP contribution in [0.1, 0.15) is 23.8 Å². The normalized spacial score (nSPS) is 12.0. The molecule has 164 valence electrons. The lowest BCUT2D eigenvalue weighted by molar-refractivity contribution is -0.120. The van der Waals surface area contributed by atoms with Crippen molar-refractivity contribution in [1.82, 2.24) is 20.1 Å². The average Bonchev–Trinajstić information content (AvgIpc) is 3.44. The van der Waals surface area contributed by atoms with Gasteiger partial charge in [-0.25, -0.2) is 0 Å². The standard InChI is InChI=1S/C24H23ClN4O2S/c1-15-10-11-16(2)21(13-15)29-22(19-8-4-5-9-20(19)25)27-28-24(29)32-17(3)23(30)26-14-18-7-6-12-31-18/h4-13,17H,14H2,1-3H3,(H,26,30). The van der Waals surface area contributed by atoms with Gasteiger partial charge in [-0.1, -0.05) is 47.6 Å². The van der Waals surface area contributed by atoms with Gasteiger partial charge in [-0.15, -0.1) is 10.2 Å². The maximum Gasteiger partial charge on any atom is 0.233 e. The van der Waals surface area contributed by atoms with E-state index in [0.29, 0.717) is 28.3 Å². The number of nitrogens with zero attached hydrogens (tertiary/aromatic N) is 3. The Morgan fingerprint density at radius 2 is 1.97 bits per heavy atom. The molecule has 1 amide bonds. The molecule has 32 heavy (non-hydrogen) atoms. The van der Waals surface area contributed by atoms with Crippen LogP contribution in [0.4, 0.5) is 0 Å². The van der Waals surface area contributed by atoms with Gasteiger partial charge in [-0.2, -0.15) is 0 Å². The maximum absolute atomic E-state index is 12.7. The van der Waals surface area contributed by atoms with Crippen molar-refractivity contribution in [2.24, 2.45) is 0 Å². The molecule has 4 rings (SSSR count). The Balaban J connectivity index is 1.68. The van der Waals surface area contributed by atoms with Crippen LogP contribution in [0.5, 0.6) is 0 Å². The zero-order chi connectivity index (χ0) is 22.7. The maximum atomic E-state index is 12.7. The lowest BCUT2D eigenvalue weighted by atomic mass is 10.1. The molecule has 2 aromatic heterocycles. The summed E-state index contributed by atoms with van der Waals surface area (Å²) in [7, 11) is 0. The van der Waals surface area contributed by atoms with Gasteiger partial charge in [0.05, 0.1) is 28.8 Å². The SMILES string of the molecule is Cc1ccc(C)c(-n2c(SC(C)C(=O)NCc3ccco3)nnc2-c2ccccc2Cl)c1. The molecule has 4 aromatic rings. The minimum atomic E-state index is -0.392. The molecule has 0 spiro atoms. The predicted octanol–water partition coefficient (Wildman–Crippen LogP) is 5.59. The molecule has 2 heterocycles. The molecule has 0 aliphatic heterocycles. The van der Waals surface area contributed by atoms with Gasteiger partial charge >= 0.3 is 0 Å². The highest BCUT2D eigenvalue weighted by atomic mass is 35.5. The Labute approximate surface area is 196 Å². The van der Waals surface area contributed by atoms with Gasteiger partial charge in [0.1, 0.15) is 5.76 Å². The molecular weight excluding hydrogens is 444 g/mol. The Hall–Kier alpha value is -3.03. The van der Waals surface area contributed by atoms with Crippen molar-refractivity contribution < 1.29 is 9.21 Å². The molecule has 0 aliphatic rings. The van der Waals surface area contributed by atoms with Crippen LogP contribution in [0, 0.1) is 13.8 Å². The minimum Gasteiger partial charge on any atom is -0.467 e. The van der Waals surface area contributed by atoms with Gasteiger partial charge in [0.2, 0.25) is 5.91 Å². The van der Waals surface area contributed by atoms with Crippen molar-refractivity contribution in [3.63, 3.8) is 0 Å². The molecule has 1 atom stereocenters. The van der Waals surface area contributed by atoms with E-state index in [1.807, 2.05) is 55.7 Å². The van der Waals surface area contributed by atoms with Crippen molar-refractivity contribution in [3.8, 4) is 17.1 Å². The third kappa shape index (κ3) is 4.74. The Morgan fingerprint density at radius 1 is 1.16 bits per heavy atom. The van der Waals surface area contributed by atoms with E-state index in [1.165, 1.54) is 11.8 Å². The van der Waals surface area contributed by atoms with Gasteiger partial charge < -0.3 is 9.73 Å². The Kier molecular flexibility index (Phi) is 6.67. The molecular formula is C24H23ClN4O2S. The van der Waals surface area contributed by atoms with Crippen LogP contribution in [0.25, 0.3) is 17.1 Å². The number of carbonyl (C=O) groups excluding carboxylic acids is 1. The van der Waals surface area contributed by atoms with Crippen molar-refractivity contribution >= 4 is 29.3 Å². The van der Waals surface area contributed by atoms with E-state index in [1.54, 1.807) is 12.3 Å². The molecule has 1 N–H and O–H groups in total. The van der Waals surface area contributed by atoms with Crippen molar-refractivity contribution in [2.45, 2.75) is 37.7 Å². The first-order valence-corrected chi connectivity index (χ1v) is 11.4. The lowest BCUT2D eigenvalue weighted by Crippen LogP contribution is -2.30. The van der Waals surface area contributed by atoms with E-state index in [-0.39, 0.29) is 5.91 Å². The summed E-state index contributed by atoms with van der Waals surface area (Å²) in [5.74, 6) is 1.23. The van der Waals surface area contributed by atoms with Crippen LogP contribution in [0.2, 0.25) is 5.02 Å². The van der Waals surface area contributed by atoms with Gasteiger partial charge in [-0.05, 0) is 62.2 Å². The smallest absolute Gasteiger partial charge is 0.233 e. The second-order valence-electron chi connectivity index (χ2n) is 7.47. The summed E-state index contributed by atoms with van der Waals surface area (Å²) in [5, 5.41) is 12.6. The lowest BCUT2D eigenvalue weighted by Gasteiger charge is -2.16. The van der Waals surface area contributed by atoms with E-state index in [2.05, 4.69) is 33.7 Å². The highest BCUT2D eigenvalue weighted by Crippen LogP contribution is 2.34. The number of furan rings is 1. The molecule has 0 bridgehead atoms. The fourth-order valence-electron chi connectivity index (χ4n) is 3.28. The first-order valence-electron chi connectivity index (χ1n) is 10.2. The van der Waals surface area contributed by atoms with Crippen molar-refractivity contribution in [1.29, 1.82) is 0 Å². The minimum absolute atomic E-state index is 0.110. The summed E-state index contributed by atoms with van der Waals surface area (Å²) in [4.78, 5) is 12.7. The fourth-order valence-corrected chi connectivity index (χ4v) is 4.39. The summed E-state index contributed by atoms with van der Waals surface area (Å²) in [6, 6.07) is 17.4. The monoisotopic (exact) mass is 466 g/mol. The number of hydrogen-bond donors (Lipinski definition) is 1. The van der Waals surface area contributed by atoms with Gasteiger partial charge in [-0.3, -0.25) is 9.36 Å². The zero-order valence-corrected chi connectivity index (χ0v) is 19.6. The second-order valence-corrected chi connectivity index (χ2v) is 9.18. The number of halogens is 1. The number of rotatable bonds is 7. The molecule has 0 saturated heterocycles. The molecule has 1 unspecified atom stereocenters. The highest BCUT2D eigenvalue weighted by molar-refractivity contribution is 8.00. The first-order chi connectivity index (χ1) is 15.4. The summed E-state index contributed by atoms with van der Waals surface area (Å²) >= 11 is 7.83. The molecule has 8 heteroatoms. The summed E-state index contributed by atoms with van der Waals surface area (Å²) in [5.41, 5.74) is 3.92. The quantitative estimate of drug-likeness (QED) is 0.359. The van der Waals surface area contributed by atoms with Crippen LogP contribution >= 0.6 is 23.4 Å². The number of benzene rings is 2. The number of hydrogen-bond acceptors (Lipinski definition) is 5. The zero-order valence-electron chi connectivity index (χ0n) is 18.0. The Bertz CT molecular complexity index is 1240. The van der Waals surface area contributed by atoms with E-state index in [0.717, 1.165) is 22.4 Å².